The van der Waals surface area contributed by atoms with Gasteiger partial charge in [0.1, 0.15) is 5.78 Å². The van der Waals surface area contributed by atoms with E-state index in [9.17, 15) is 4.79 Å². The van der Waals surface area contributed by atoms with E-state index in [-0.39, 0.29) is 10.8 Å². The number of allylic oxidation sites excluding steroid dienone is 2. The summed E-state index contributed by atoms with van der Waals surface area (Å²) >= 11 is 0. The van der Waals surface area contributed by atoms with Gasteiger partial charge in [0.25, 0.3) is 0 Å². The van der Waals surface area contributed by atoms with Crippen LogP contribution in [0.3, 0.4) is 0 Å². The van der Waals surface area contributed by atoms with Crippen LogP contribution in [0, 0.1) is 22.7 Å². The van der Waals surface area contributed by atoms with Gasteiger partial charge in [-0.2, -0.15) is 0 Å². The maximum atomic E-state index is 12.6. The van der Waals surface area contributed by atoms with E-state index in [1.165, 1.54) is 5.57 Å². The minimum atomic E-state index is -0.153. The normalized spacial score (nSPS) is 37.5. The molecule has 2 rings (SSSR count). The lowest BCUT2D eigenvalue weighted by atomic mass is 9.86. The summed E-state index contributed by atoms with van der Waals surface area (Å²) in [4.78, 5) is 12.6. The van der Waals surface area contributed by atoms with E-state index in [0.717, 1.165) is 19.3 Å². The molecule has 0 heterocycles. The predicted molar refractivity (Wildman–Crippen MR) is 70.5 cm³/mol. The summed E-state index contributed by atoms with van der Waals surface area (Å²) in [6.07, 6.45) is 5.33. The van der Waals surface area contributed by atoms with Crippen molar-refractivity contribution in [2.45, 2.75) is 47.0 Å². The maximum Gasteiger partial charge on any atom is 0.146 e. The summed E-state index contributed by atoms with van der Waals surface area (Å²) in [5, 5.41) is 0. The van der Waals surface area contributed by atoms with Gasteiger partial charge >= 0.3 is 0 Å². The highest BCUT2D eigenvalue weighted by molar-refractivity contribution is 5.95. The number of Topliss-reactive ketones (excluding diaryl/α,β-unsaturated/α-hetero) is 1. The van der Waals surface area contributed by atoms with Crippen molar-refractivity contribution in [3.63, 3.8) is 0 Å². The average Bonchev–Trinajstić information content (AvgIpc) is 3.04. The summed E-state index contributed by atoms with van der Waals surface area (Å²) in [6, 6.07) is 0. The summed E-state index contributed by atoms with van der Waals surface area (Å²) in [6.45, 7) is 9.32. The number of rotatable bonds is 5. The Kier molecular flexibility index (Phi) is 2.97. The summed E-state index contributed by atoms with van der Waals surface area (Å²) in [7, 11) is 0. The largest absolute Gasteiger partial charge is 0.330 e. The Bertz CT molecular complexity index is 365. The molecule has 0 bridgehead atoms. The number of ketones is 1. The van der Waals surface area contributed by atoms with Gasteiger partial charge in [0.05, 0.1) is 5.41 Å². The van der Waals surface area contributed by atoms with Crippen LogP contribution < -0.4 is 5.73 Å². The van der Waals surface area contributed by atoms with Gasteiger partial charge in [-0.15, -0.1) is 0 Å². The fourth-order valence-corrected chi connectivity index (χ4v) is 3.32. The van der Waals surface area contributed by atoms with E-state index in [1.807, 2.05) is 0 Å². The van der Waals surface area contributed by atoms with Gasteiger partial charge in [-0.05, 0) is 51.0 Å². The van der Waals surface area contributed by atoms with E-state index in [2.05, 4.69) is 33.8 Å². The fourth-order valence-electron chi connectivity index (χ4n) is 3.32. The molecule has 0 spiro atoms. The molecular weight excluding hydrogens is 210 g/mol. The highest BCUT2D eigenvalue weighted by atomic mass is 16.1. The molecule has 2 aliphatic carbocycles. The lowest BCUT2D eigenvalue weighted by Crippen LogP contribution is -2.22. The Labute approximate surface area is 105 Å². The molecule has 2 nitrogen and oxygen atoms in total. The molecule has 96 valence electrons. The van der Waals surface area contributed by atoms with E-state index in [4.69, 9.17) is 5.73 Å². The van der Waals surface area contributed by atoms with Gasteiger partial charge in [-0.25, -0.2) is 0 Å². The Hall–Kier alpha value is -0.630. The molecule has 17 heavy (non-hydrogen) atoms. The van der Waals surface area contributed by atoms with Crippen LogP contribution in [0.15, 0.2) is 11.6 Å². The molecule has 0 aliphatic heterocycles. The molecule has 2 heteroatoms. The second-order valence-corrected chi connectivity index (χ2v) is 6.80. The van der Waals surface area contributed by atoms with Gasteiger partial charge in [-0.1, -0.05) is 25.5 Å². The summed E-state index contributed by atoms with van der Waals surface area (Å²) in [5.74, 6) is 1.37. The average molecular weight is 235 g/mol. The molecule has 2 N–H and O–H groups in total. The van der Waals surface area contributed by atoms with Crippen LogP contribution in [-0.4, -0.2) is 12.3 Å². The van der Waals surface area contributed by atoms with Crippen molar-refractivity contribution in [2.75, 3.05) is 6.54 Å². The molecule has 2 fully saturated rings. The molecule has 3 atom stereocenters. The van der Waals surface area contributed by atoms with Crippen molar-refractivity contribution in [1.82, 2.24) is 0 Å². The smallest absolute Gasteiger partial charge is 0.146 e. The molecule has 0 aromatic carbocycles. The number of carbonyl (C=O) groups excluding carboxylic acids is 1. The first-order valence-electron chi connectivity index (χ1n) is 6.74. The SMILES string of the molecule is CC(C)=CC1(C(=O)C2CC2CCN)CC1(C)C. The Balaban J connectivity index is 2.10. The van der Waals surface area contributed by atoms with Crippen molar-refractivity contribution in [1.29, 1.82) is 0 Å². The lowest BCUT2D eigenvalue weighted by molar-refractivity contribution is -0.125. The van der Waals surface area contributed by atoms with Crippen molar-refractivity contribution < 1.29 is 4.79 Å². The van der Waals surface area contributed by atoms with Gasteiger partial charge in [0, 0.05) is 5.92 Å². The quantitative estimate of drug-likeness (QED) is 0.745. The van der Waals surface area contributed by atoms with E-state index < -0.39 is 0 Å². The molecule has 0 amide bonds. The van der Waals surface area contributed by atoms with Crippen LogP contribution in [0.2, 0.25) is 0 Å². The van der Waals surface area contributed by atoms with Crippen LogP contribution in [0.4, 0.5) is 0 Å². The molecule has 2 saturated carbocycles. The van der Waals surface area contributed by atoms with E-state index in [0.29, 0.717) is 24.2 Å². The fraction of sp³-hybridized carbons (Fsp3) is 0.800. The third-order valence-electron chi connectivity index (χ3n) is 4.58. The first kappa shape index (κ1) is 12.8. The molecular formula is C15H25NO. The summed E-state index contributed by atoms with van der Waals surface area (Å²) in [5.41, 5.74) is 6.84. The zero-order valence-corrected chi connectivity index (χ0v) is 11.5. The van der Waals surface area contributed by atoms with Crippen molar-refractivity contribution in [2.24, 2.45) is 28.4 Å². The molecule has 0 aromatic rings. The Morgan fingerprint density at radius 1 is 1.41 bits per heavy atom. The summed E-state index contributed by atoms with van der Waals surface area (Å²) < 4.78 is 0. The highest BCUT2D eigenvalue weighted by Crippen LogP contribution is 2.68. The third-order valence-corrected chi connectivity index (χ3v) is 4.58. The van der Waals surface area contributed by atoms with Crippen LogP contribution in [0.1, 0.15) is 47.0 Å². The molecule has 2 aliphatic rings. The number of hydrogen-bond donors (Lipinski definition) is 1. The van der Waals surface area contributed by atoms with Crippen LogP contribution in [-0.2, 0) is 4.79 Å². The maximum absolute atomic E-state index is 12.6. The second kappa shape index (κ2) is 3.94. The van der Waals surface area contributed by atoms with Gasteiger partial charge in [0.2, 0.25) is 0 Å². The zero-order valence-electron chi connectivity index (χ0n) is 11.5. The highest BCUT2D eigenvalue weighted by Gasteiger charge is 2.67. The van der Waals surface area contributed by atoms with Crippen molar-refractivity contribution in [3.8, 4) is 0 Å². The standard InChI is InChI=1S/C15H25NO/c1-10(2)8-15(9-14(15,3)4)13(17)12-7-11(12)5-6-16/h8,11-12H,5-7,9,16H2,1-4H3. The van der Waals surface area contributed by atoms with E-state index in [1.54, 1.807) is 0 Å². The molecule has 3 unspecified atom stereocenters. The zero-order chi connectivity index (χ0) is 12.8. The van der Waals surface area contributed by atoms with Gasteiger partial charge < -0.3 is 5.73 Å². The molecule has 0 radical (unpaired) electrons. The second-order valence-electron chi connectivity index (χ2n) is 6.80. The first-order chi connectivity index (χ1) is 7.84. The van der Waals surface area contributed by atoms with E-state index >= 15 is 0 Å². The topological polar surface area (TPSA) is 43.1 Å². The lowest BCUT2D eigenvalue weighted by Gasteiger charge is -2.16. The number of nitrogens with two attached hydrogens (primary N) is 1. The van der Waals surface area contributed by atoms with Gasteiger partial charge in [-0.3, -0.25) is 4.79 Å². The first-order valence-corrected chi connectivity index (χ1v) is 6.74. The van der Waals surface area contributed by atoms with Gasteiger partial charge in [0.15, 0.2) is 0 Å². The van der Waals surface area contributed by atoms with Crippen LogP contribution in [0.5, 0.6) is 0 Å². The van der Waals surface area contributed by atoms with Crippen molar-refractivity contribution in [3.05, 3.63) is 11.6 Å². The minimum Gasteiger partial charge on any atom is -0.330 e. The Morgan fingerprint density at radius 3 is 2.41 bits per heavy atom. The predicted octanol–water partition coefficient (Wildman–Crippen LogP) is 2.92. The number of carbonyl (C=O) groups is 1. The number of hydrogen-bond acceptors (Lipinski definition) is 2. The van der Waals surface area contributed by atoms with Crippen molar-refractivity contribution >= 4 is 5.78 Å². The minimum absolute atomic E-state index is 0.153. The monoisotopic (exact) mass is 235 g/mol. The molecule has 0 aromatic heterocycles. The van der Waals surface area contributed by atoms with Crippen LogP contribution >= 0.6 is 0 Å². The van der Waals surface area contributed by atoms with Crippen LogP contribution in [0.25, 0.3) is 0 Å². The molecule has 0 saturated heterocycles. The Morgan fingerprint density at radius 2 is 2.00 bits per heavy atom. The third kappa shape index (κ3) is 2.08.